The lowest BCUT2D eigenvalue weighted by Crippen LogP contribution is -2.31. The average molecular weight is 364 g/mol. The minimum Gasteiger partial charge on any atom is -0.302 e. The smallest absolute Gasteiger partial charge is 0.261 e. The second-order valence-corrected chi connectivity index (χ2v) is 6.36. The number of hydrogen-bond donors (Lipinski definition) is 1. The average Bonchev–Trinajstić information content (AvgIpc) is 3.13. The first-order chi connectivity index (χ1) is 11.6. The molecule has 0 spiro atoms. The molecule has 1 aliphatic heterocycles. The van der Waals surface area contributed by atoms with Crippen molar-refractivity contribution in [1.29, 1.82) is 0 Å². The van der Waals surface area contributed by atoms with Crippen molar-refractivity contribution in [2.45, 2.75) is 18.7 Å². The van der Waals surface area contributed by atoms with Crippen LogP contribution >= 0.6 is 22.9 Å². The summed E-state index contributed by atoms with van der Waals surface area (Å²) in [4.78, 5) is 41.6. The number of hydrogen-bond acceptors (Lipinski definition) is 5. The number of thiazole rings is 1. The van der Waals surface area contributed by atoms with Gasteiger partial charge < -0.3 is 5.32 Å². The number of fused-ring (bicyclic) bond motifs is 1. The minimum atomic E-state index is -0.303. The summed E-state index contributed by atoms with van der Waals surface area (Å²) in [5.41, 5.74) is 1.55. The van der Waals surface area contributed by atoms with Crippen LogP contribution in [-0.2, 0) is 10.7 Å². The highest BCUT2D eigenvalue weighted by Gasteiger charge is 2.34. The first kappa shape index (κ1) is 16.6. The molecule has 0 radical (unpaired) electrons. The molecule has 0 atom stereocenters. The summed E-state index contributed by atoms with van der Waals surface area (Å²) in [7, 11) is 0. The standard InChI is InChI=1S/C16H14ClN3O3S/c17-8-10-9-24-16(18-10)19-13(21)6-3-7-20-14(22)11-4-1-2-5-12(11)15(20)23/h1-2,4-5,9H,3,6-8H2,(H,18,19,21). The van der Waals surface area contributed by atoms with Gasteiger partial charge in [-0.05, 0) is 18.6 Å². The molecule has 0 fully saturated rings. The van der Waals surface area contributed by atoms with Crippen molar-refractivity contribution in [3.63, 3.8) is 0 Å². The molecule has 2 aromatic rings. The maximum Gasteiger partial charge on any atom is 0.261 e. The van der Waals surface area contributed by atoms with Crippen molar-refractivity contribution in [1.82, 2.24) is 9.88 Å². The Balaban J connectivity index is 1.51. The van der Waals surface area contributed by atoms with Crippen LogP contribution in [0.5, 0.6) is 0 Å². The number of alkyl halides is 1. The number of nitrogens with zero attached hydrogens (tertiary/aromatic N) is 2. The highest BCUT2D eigenvalue weighted by molar-refractivity contribution is 7.13. The molecule has 6 nitrogen and oxygen atoms in total. The summed E-state index contributed by atoms with van der Waals surface area (Å²) >= 11 is 6.97. The molecule has 0 saturated carbocycles. The van der Waals surface area contributed by atoms with Crippen LogP contribution in [0.3, 0.4) is 0 Å². The zero-order valence-electron chi connectivity index (χ0n) is 12.6. The number of halogens is 1. The van der Waals surface area contributed by atoms with Gasteiger partial charge in [-0.2, -0.15) is 0 Å². The van der Waals surface area contributed by atoms with Crippen molar-refractivity contribution in [3.05, 3.63) is 46.5 Å². The second-order valence-electron chi connectivity index (χ2n) is 5.24. The van der Waals surface area contributed by atoms with Crippen LogP contribution < -0.4 is 5.32 Å². The normalized spacial score (nSPS) is 13.3. The molecular formula is C16H14ClN3O3S. The van der Waals surface area contributed by atoms with E-state index in [9.17, 15) is 14.4 Å². The van der Waals surface area contributed by atoms with Crippen LogP contribution in [-0.4, -0.2) is 34.2 Å². The Hall–Kier alpha value is -2.25. The summed E-state index contributed by atoms with van der Waals surface area (Å²) in [6.45, 7) is 0.213. The molecule has 0 unspecified atom stereocenters. The van der Waals surface area contributed by atoms with Crippen molar-refractivity contribution < 1.29 is 14.4 Å². The van der Waals surface area contributed by atoms with E-state index >= 15 is 0 Å². The van der Waals surface area contributed by atoms with Crippen LogP contribution in [0.15, 0.2) is 29.6 Å². The molecule has 1 aromatic heterocycles. The van der Waals surface area contributed by atoms with Crippen molar-refractivity contribution in [3.8, 4) is 0 Å². The lowest BCUT2D eigenvalue weighted by molar-refractivity contribution is -0.116. The van der Waals surface area contributed by atoms with Gasteiger partial charge in [-0.15, -0.1) is 22.9 Å². The molecule has 0 bridgehead atoms. The van der Waals surface area contributed by atoms with Crippen molar-refractivity contribution >= 4 is 45.8 Å². The third-order valence-electron chi connectivity index (χ3n) is 3.60. The molecule has 8 heteroatoms. The van der Waals surface area contributed by atoms with Gasteiger partial charge in [0.15, 0.2) is 5.13 Å². The van der Waals surface area contributed by atoms with Gasteiger partial charge in [0.25, 0.3) is 11.8 Å². The monoisotopic (exact) mass is 363 g/mol. The van der Waals surface area contributed by atoms with E-state index in [0.717, 1.165) is 0 Å². The molecule has 2 heterocycles. The van der Waals surface area contributed by atoms with E-state index < -0.39 is 0 Å². The van der Waals surface area contributed by atoms with Gasteiger partial charge in [-0.3, -0.25) is 19.3 Å². The van der Waals surface area contributed by atoms with Gasteiger partial charge in [-0.25, -0.2) is 4.98 Å². The van der Waals surface area contributed by atoms with Gasteiger partial charge in [0.2, 0.25) is 5.91 Å². The molecule has 0 saturated heterocycles. The zero-order chi connectivity index (χ0) is 17.1. The number of rotatable bonds is 6. The molecule has 3 rings (SSSR count). The minimum absolute atomic E-state index is 0.198. The number of carbonyl (C=O) groups is 3. The van der Waals surface area contributed by atoms with E-state index in [-0.39, 0.29) is 30.7 Å². The first-order valence-electron chi connectivity index (χ1n) is 7.35. The molecular weight excluding hydrogens is 350 g/mol. The van der Waals surface area contributed by atoms with Crippen LogP contribution in [0.2, 0.25) is 0 Å². The lowest BCUT2D eigenvalue weighted by atomic mass is 10.1. The number of carbonyl (C=O) groups excluding carboxylic acids is 3. The SMILES string of the molecule is O=C(CCCN1C(=O)c2ccccc2C1=O)Nc1nc(CCl)cs1. The second kappa shape index (κ2) is 7.11. The largest absolute Gasteiger partial charge is 0.302 e. The Morgan fingerprint density at radius 3 is 2.46 bits per heavy atom. The van der Waals surface area contributed by atoms with E-state index in [1.807, 2.05) is 0 Å². The molecule has 1 aromatic carbocycles. The third kappa shape index (κ3) is 3.32. The van der Waals surface area contributed by atoms with Crippen LogP contribution in [0.25, 0.3) is 0 Å². The molecule has 24 heavy (non-hydrogen) atoms. The van der Waals surface area contributed by atoms with Gasteiger partial charge >= 0.3 is 0 Å². The highest BCUT2D eigenvalue weighted by Crippen LogP contribution is 2.23. The maximum absolute atomic E-state index is 12.2. The first-order valence-corrected chi connectivity index (χ1v) is 8.77. The Bertz CT molecular complexity index is 770. The molecule has 0 aliphatic carbocycles. The Kier molecular flexibility index (Phi) is 4.92. The lowest BCUT2D eigenvalue weighted by Gasteiger charge is -2.13. The number of nitrogens with one attached hydrogen (secondary N) is 1. The fourth-order valence-corrected chi connectivity index (χ4v) is 3.40. The molecule has 1 N–H and O–H groups in total. The van der Waals surface area contributed by atoms with Gasteiger partial charge in [0, 0.05) is 18.3 Å². The van der Waals surface area contributed by atoms with E-state index in [1.54, 1.807) is 29.6 Å². The summed E-state index contributed by atoms with van der Waals surface area (Å²) < 4.78 is 0. The zero-order valence-corrected chi connectivity index (χ0v) is 14.2. The molecule has 124 valence electrons. The fraction of sp³-hybridized carbons (Fsp3) is 0.250. The predicted octanol–water partition coefficient (Wildman–Crippen LogP) is 2.90. The topological polar surface area (TPSA) is 79.4 Å². The van der Waals surface area contributed by atoms with E-state index in [1.165, 1.54) is 16.2 Å². The number of benzene rings is 1. The summed E-state index contributed by atoms with van der Waals surface area (Å²) in [6.07, 6.45) is 0.592. The summed E-state index contributed by atoms with van der Waals surface area (Å²) in [5.74, 6) is -0.515. The number of aromatic nitrogens is 1. The predicted molar refractivity (Wildman–Crippen MR) is 91.3 cm³/mol. The number of amides is 3. The molecule has 1 aliphatic rings. The maximum atomic E-state index is 12.2. The van der Waals surface area contributed by atoms with Crippen LogP contribution in [0, 0.1) is 0 Å². The highest BCUT2D eigenvalue weighted by atomic mass is 35.5. The summed E-state index contributed by atoms with van der Waals surface area (Å²) in [5, 5.41) is 4.96. The van der Waals surface area contributed by atoms with Crippen molar-refractivity contribution in [2.24, 2.45) is 0 Å². The van der Waals surface area contributed by atoms with E-state index in [4.69, 9.17) is 11.6 Å². The van der Waals surface area contributed by atoms with Crippen LogP contribution in [0.4, 0.5) is 5.13 Å². The molecule has 3 amide bonds. The number of imide groups is 1. The quantitative estimate of drug-likeness (QED) is 0.632. The fourth-order valence-electron chi connectivity index (χ4n) is 2.45. The Morgan fingerprint density at radius 2 is 1.88 bits per heavy atom. The van der Waals surface area contributed by atoms with Crippen LogP contribution in [0.1, 0.15) is 39.3 Å². The van der Waals surface area contributed by atoms with Crippen molar-refractivity contribution in [2.75, 3.05) is 11.9 Å². The Morgan fingerprint density at radius 1 is 1.21 bits per heavy atom. The third-order valence-corrected chi connectivity index (χ3v) is 4.68. The van der Waals surface area contributed by atoms with E-state index in [2.05, 4.69) is 10.3 Å². The van der Waals surface area contributed by atoms with Gasteiger partial charge in [-0.1, -0.05) is 12.1 Å². The Labute approximate surface area is 147 Å². The number of anilines is 1. The van der Waals surface area contributed by atoms with E-state index in [0.29, 0.717) is 34.3 Å². The van der Waals surface area contributed by atoms with Gasteiger partial charge in [0.05, 0.1) is 22.7 Å². The summed E-state index contributed by atoms with van der Waals surface area (Å²) in [6, 6.07) is 6.73. The van der Waals surface area contributed by atoms with Gasteiger partial charge in [0.1, 0.15) is 0 Å².